The molecular weight excluding hydrogens is 336 g/mol. The second-order valence-corrected chi connectivity index (χ2v) is 7.74. The largest absolute Gasteiger partial charge is 0.384 e. The normalized spacial score (nSPS) is 17.9. The third kappa shape index (κ3) is 2.78. The SMILES string of the molecule is O=C(CCn1cnc2ccccc21)N1CCC2(CC1)CNc1ccccc12. The van der Waals surface area contributed by atoms with Crippen LogP contribution in [0.25, 0.3) is 11.0 Å². The molecule has 1 amide bonds. The molecule has 3 aromatic rings. The summed E-state index contributed by atoms with van der Waals surface area (Å²) in [6.07, 6.45) is 4.44. The number of aromatic nitrogens is 2. The number of fused-ring (bicyclic) bond motifs is 3. The van der Waals surface area contributed by atoms with Crippen molar-refractivity contribution in [1.82, 2.24) is 14.5 Å². The van der Waals surface area contributed by atoms with Crippen molar-refractivity contribution in [3.63, 3.8) is 0 Å². The number of nitrogens with one attached hydrogen (secondary N) is 1. The summed E-state index contributed by atoms with van der Waals surface area (Å²) in [5, 5.41) is 3.55. The van der Waals surface area contributed by atoms with Gasteiger partial charge in [0.2, 0.25) is 5.91 Å². The van der Waals surface area contributed by atoms with Crippen LogP contribution in [0.4, 0.5) is 5.69 Å². The average molecular weight is 360 g/mol. The van der Waals surface area contributed by atoms with Gasteiger partial charge in [0.1, 0.15) is 0 Å². The van der Waals surface area contributed by atoms with Gasteiger partial charge >= 0.3 is 0 Å². The number of imidazole rings is 1. The standard InChI is InChI=1S/C22H24N4O/c27-21(9-12-26-16-24-19-7-3-4-8-20(19)26)25-13-10-22(11-14-25)15-23-18-6-2-1-5-17(18)22/h1-8,16,23H,9-15H2. The Balaban J connectivity index is 1.22. The van der Waals surface area contributed by atoms with E-state index in [1.807, 2.05) is 29.4 Å². The van der Waals surface area contributed by atoms with Crippen molar-refractivity contribution in [2.45, 2.75) is 31.2 Å². The van der Waals surface area contributed by atoms with Gasteiger partial charge in [-0.2, -0.15) is 0 Å². The van der Waals surface area contributed by atoms with Crippen LogP contribution in [0.2, 0.25) is 0 Å². The zero-order chi connectivity index (χ0) is 18.3. The molecule has 0 saturated carbocycles. The number of anilines is 1. The molecule has 3 heterocycles. The topological polar surface area (TPSA) is 50.2 Å². The Morgan fingerprint density at radius 1 is 1.07 bits per heavy atom. The van der Waals surface area contributed by atoms with E-state index in [1.165, 1.54) is 11.3 Å². The maximum absolute atomic E-state index is 12.8. The van der Waals surface area contributed by atoms with Gasteiger partial charge in [-0.25, -0.2) is 4.98 Å². The van der Waals surface area contributed by atoms with Crippen LogP contribution in [0, 0.1) is 0 Å². The fourth-order valence-electron chi connectivity index (χ4n) is 4.65. The number of piperidine rings is 1. The van der Waals surface area contributed by atoms with Gasteiger partial charge in [-0.1, -0.05) is 30.3 Å². The minimum atomic E-state index is 0.202. The maximum atomic E-state index is 12.8. The first-order valence-corrected chi connectivity index (χ1v) is 9.76. The zero-order valence-electron chi connectivity index (χ0n) is 15.4. The molecule has 2 aromatic carbocycles. The molecule has 138 valence electrons. The van der Waals surface area contributed by atoms with Crippen molar-refractivity contribution in [2.75, 3.05) is 25.0 Å². The van der Waals surface area contributed by atoms with Crippen molar-refractivity contribution in [2.24, 2.45) is 0 Å². The highest BCUT2D eigenvalue weighted by Gasteiger charge is 2.41. The first-order chi connectivity index (χ1) is 13.3. The number of para-hydroxylation sites is 3. The van der Waals surface area contributed by atoms with E-state index in [2.05, 4.69) is 45.2 Å². The number of amides is 1. The molecule has 5 nitrogen and oxygen atoms in total. The summed E-state index contributed by atoms with van der Waals surface area (Å²) < 4.78 is 2.08. The number of hydrogen-bond donors (Lipinski definition) is 1. The molecule has 27 heavy (non-hydrogen) atoms. The molecule has 0 atom stereocenters. The molecule has 0 bridgehead atoms. The van der Waals surface area contributed by atoms with Gasteiger partial charge in [-0.05, 0) is 36.6 Å². The number of carbonyl (C=O) groups is 1. The van der Waals surface area contributed by atoms with Crippen LogP contribution in [-0.4, -0.2) is 40.0 Å². The number of carbonyl (C=O) groups excluding carboxylic acids is 1. The summed E-state index contributed by atoms with van der Waals surface area (Å²) in [5.74, 6) is 0.252. The van der Waals surface area contributed by atoms with Gasteiger partial charge in [0, 0.05) is 43.7 Å². The van der Waals surface area contributed by atoms with Gasteiger partial charge in [-0.15, -0.1) is 0 Å². The van der Waals surface area contributed by atoms with Crippen LogP contribution in [0.1, 0.15) is 24.8 Å². The van der Waals surface area contributed by atoms with Gasteiger partial charge in [0.25, 0.3) is 0 Å². The van der Waals surface area contributed by atoms with Crippen LogP contribution >= 0.6 is 0 Å². The van der Waals surface area contributed by atoms with E-state index in [4.69, 9.17) is 0 Å². The van der Waals surface area contributed by atoms with Crippen LogP contribution in [0.15, 0.2) is 54.9 Å². The second-order valence-electron chi connectivity index (χ2n) is 7.74. The van der Waals surface area contributed by atoms with Crippen molar-refractivity contribution in [3.05, 3.63) is 60.4 Å². The van der Waals surface area contributed by atoms with Crippen molar-refractivity contribution >= 4 is 22.6 Å². The molecular formula is C22H24N4O. The van der Waals surface area contributed by atoms with Gasteiger partial charge < -0.3 is 14.8 Å². The summed E-state index contributed by atoms with van der Waals surface area (Å²) in [4.78, 5) is 19.2. The lowest BCUT2D eigenvalue weighted by Crippen LogP contribution is -2.46. The van der Waals surface area contributed by atoms with E-state index in [0.717, 1.165) is 43.5 Å². The zero-order valence-corrected chi connectivity index (χ0v) is 15.4. The summed E-state index contributed by atoms with van der Waals surface area (Å²) in [6, 6.07) is 16.7. The number of benzene rings is 2. The van der Waals surface area contributed by atoms with Crippen LogP contribution in [0.5, 0.6) is 0 Å². The number of aryl methyl sites for hydroxylation is 1. The maximum Gasteiger partial charge on any atom is 0.224 e. The lowest BCUT2D eigenvalue weighted by molar-refractivity contribution is -0.132. The van der Waals surface area contributed by atoms with E-state index in [9.17, 15) is 4.79 Å². The third-order valence-electron chi connectivity index (χ3n) is 6.28. The molecule has 5 heteroatoms. The number of rotatable bonds is 3. The molecule has 2 aliphatic heterocycles. The molecule has 1 saturated heterocycles. The molecule has 0 aliphatic carbocycles. The monoisotopic (exact) mass is 360 g/mol. The summed E-state index contributed by atoms with van der Waals surface area (Å²) in [6.45, 7) is 3.37. The molecule has 1 fully saturated rings. The Labute approximate surface area is 159 Å². The predicted octanol–water partition coefficient (Wildman–Crippen LogP) is 3.41. The lowest BCUT2D eigenvalue weighted by Gasteiger charge is -2.39. The number of nitrogens with zero attached hydrogens (tertiary/aromatic N) is 3. The first-order valence-electron chi connectivity index (χ1n) is 9.76. The molecule has 0 unspecified atom stereocenters. The van der Waals surface area contributed by atoms with E-state index in [0.29, 0.717) is 13.0 Å². The van der Waals surface area contributed by atoms with Gasteiger partial charge in [0.15, 0.2) is 0 Å². The van der Waals surface area contributed by atoms with Crippen LogP contribution in [0.3, 0.4) is 0 Å². The molecule has 2 aliphatic rings. The van der Waals surface area contributed by atoms with E-state index in [-0.39, 0.29) is 11.3 Å². The molecule has 1 spiro atoms. The average Bonchev–Trinajstić information content (AvgIpc) is 3.29. The molecule has 0 radical (unpaired) electrons. The van der Waals surface area contributed by atoms with Gasteiger partial charge in [0.05, 0.1) is 17.4 Å². The second kappa shape index (κ2) is 6.41. The smallest absolute Gasteiger partial charge is 0.224 e. The van der Waals surface area contributed by atoms with Crippen LogP contribution in [-0.2, 0) is 16.8 Å². The molecule has 5 rings (SSSR count). The summed E-state index contributed by atoms with van der Waals surface area (Å²) in [5.41, 5.74) is 4.98. The molecule has 1 N–H and O–H groups in total. The Hall–Kier alpha value is -2.82. The van der Waals surface area contributed by atoms with E-state index >= 15 is 0 Å². The van der Waals surface area contributed by atoms with Crippen molar-refractivity contribution < 1.29 is 4.79 Å². The Morgan fingerprint density at radius 3 is 2.74 bits per heavy atom. The van der Waals surface area contributed by atoms with E-state index < -0.39 is 0 Å². The third-order valence-corrected chi connectivity index (χ3v) is 6.28. The Kier molecular flexibility index (Phi) is 3.88. The first kappa shape index (κ1) is 16.4. The quantitative estimate of drug-likeness (QED) is 0.779. The van der Waals surface area contributed by atoms with E-state index in [1.54, 1.807) is 0 Å². The van der Waals surface area contributed by atoms with Gasteiger partial charge in [-0.3, -0.25) is 4.79 Å². The highest BCUT2D eigenvalue weighted by Crippen LogP contribution is 2.43. The Bertz CT molecular complexity index is 985. The fourth-order valence-corrected chi connectivity index (χ4v) is 4.65. The molecule has 1 aromatic heterocycles. The number of likely N-dealkylation sites (tertiary alicyclic amines) is 1. The predicted molar refractivity (Wildman–Crippen MR) is 107 cm³/mol. The van der Waals surface area contributed by atoms with Crippen molar-refractivity contribution in [1.29, 1.82) is 0 Å². The lowest BCUT2D eigenvalue weighted by atomic mass is 9.74. The summed E-state index contributed by atoms with van der Waals surface area (Å²) >= 11 is 0. The highest BCUT2D eigenvalue weighted by atomic mass is 16.2. The Morgan fingerprint density at radius 2 is 1.85 bits per heavy atom. The minimum absolute atomic E-state index is 0.202. The van der Waals surface area contributed by atoms with Crippen molar-refractivity contribution in [3.8, 4) is 0 Å². The minimum Gasteiger partial charge on any atom is -0.384 e. The summed E-state index contributed by atoms with van der Waals surface area (Å²) in [7, 11) is 0. The van der Waals surface area contributed by atoms with Crippen LogP contribution < -0.4 is 5.32 Å². The number of hydrogen-bond acceptors (Lipinski definition) is 3. The fraction of sp³-hybridized carbons (Fsp3) is 0.364. The highest BCUT2D eigenvalue weighted by molar-refractivity contribution is 5.78.